The molecule has 103 heavy (non-hydrogen) atoms. The second kappa shape index (κ2) is 29.2. The first kappa shape index (κ1) is 64.9. The van der Waals surface area contributed by atoms with Gasteiger partial charge in [0.2, 0.25) is 0 Å². The lowest BCUT2D eigenvalue weighted by molar-refractivity contribution is 0.426. The Bertz CT molecular complexity index is 5890. The molecule has 4 aromatic heterocycles. The Hall–Kier alpha value is -12.7. The summed E-state index contributed by atoms with van der Waals surface area (Å²) in [6.45, 7) is 0. The van der Waals surface area contributed by atoms with E-state index >= 15 is 0 Å². The highest BCUT2D eigenvalue weighted by Crippen LogP contribution is 2.45. The molecule has 14 aromatic carbocycles. The minimum atomic E-state index is -1.39. The van der Waals surface area contributed by atoms with Crippen LogP contribution in [0, 0.1) is 0 Å². The van der Waals surface area contributed by atoms with Crippen molar-refractivity contribution in [3.8, 4) is 124 Å². The van der Waals surface area contributed by atoms with Gasteiger partial charge in [0.15, 0.2) is 40.5 Å². The SMILES string of the molecule is Clc1cc(Cl)c2oc3cccc(-c4nc(-c5ccccc5)nc(-c5ccccc5)n4)c3c2c1.OB(O)c1ccc(-c2ccccc2)cc1.c1ccc(-c2ccc(-c3cc(-c4ccc(-c5ccccc5)cc4)c4oc5cccc(-c6nc(-c7ccccc7)nc(-c7ccccc7)n6)c5c4c3)cc2)cc1. The second-order valence-corrected chi connectivity index (χ2v) is 25.4. The van der Waals surface area contributed by atoms with Gasteiger partial charge in [-0.05, 0) is 91.9 Å². The number of nitrogens with zero attached hydrogens (tertiary/aromatic N) is 6. The quantitative estimate of drug-likeness (QED) is 0.113. The monoisotopic (exact) mass is 1370 g/mol. The molecule has 0 saturated carbocycles. The molecule has 4 heterocycles. The van der Waals surface area contributed by atoms with Gasteiger partial charge in [-0.15, -0.1) is 0 Å². The Balaban J connectivity index is 0.000000143. The number of fused-ring (bicyclic) bond motifs is 6. The van der Waals surface area contributed by atoms with Gasteiger partial charge in [-0.3, -0.25) is 0 Å². The average Bonchev–Trinajstić information content (AvgIpc) is 1.61. The van der Waals surface area contributed by atoms with Crippen LogP contribution in [0.15, 0.2) is 355 Å². The summed E-state index contributed by atoms with van der Waals surface area (Å²) in [6.07, 6.45) is 0. The van der Waals surface area contributed by atoms with Crippen LogP contribution < -0.4 is 5.46 Å². The molecule has 0 radical (unpaired) electrons. The summed E-state index contributed by atoms with van der Waals surface area (Å²) in [6, 6.07) is 116. The van der Waals surface area contributed by atoms with E-state index < -0.39 is 7.12 Å². The average molecular weight is 1370 g/mol. The van der Waals surface area contributed by atoms with Crippen LogP contribution in [-0.2, 0) is 0 Å². The van der Waals surface area contributed by atoms with Gasteiger partial charge >= 0.3 is 7.12 Å². The third kappa shape index (κ3) is 13.9. The number of hydrogen-bond donors (Lipinski definition) is 2. The first-order valence-corrected chi connectivity index (χ1v) is 34.3. The third-order valence-electron chi connectivity index (χ3n) is 17.9. The molecule has 0 saturated heterocycles. The Morgan fingerprint density at radius 2 is 0.544 bits per heavy atom. The van der Waals surface area contributed by atoms with Gasteiger partial charge in [0, 0.05) is 65.5 Å². The van der Waals surface area contributed by atoms with Gasteiger partial charge < -0.3 is 18.9 Å². The van der Waals surface area contributed by atoms with Crippen molar-refractivity contribution in [2.45, 2.75) is 0 Å². The van der Waals surface area contributed by atoms with E-state index in [9.17, 15) is 0 Å². The molecule has 2 N–H and O–H groups in total. The maximum Gasteiger partial charge on any atom is 0.488 e. The minimum Gasteiger partial charge on any atom is -0.455 e. The van der Waals surface area contributed by atoms with E-state index in [1.807, 2.05) is 212 Å². The molecule has 18 aromatic rings. The van der Waals surface area contributed by atoms with Gasteiger partial charge in [0.1, 0.15) is 16.7 Å². The molecule has 0 aliphatic heterocycles. The van der Waals surface area contributed by atoms with Crippen molar-refractivity contribution in [1.29, 1.82) is 0 Å². The Labute approximate surface area is 604 Å². The van der Waals surface area contributed by atoms with Crippen LogP contribution in [0.25, 0.3) is 168 Å². The number of aromatic nitrogens is 6. The zero-order chi connectivity index (χ0) is 69.6. The highest BCUT2D eigenvalue weighted by Gasteiger charge is 2.23. The Morgan fingerprint density at radius 1 is 0.243 bits per heavy atom. The lowest BCUT2D eigenvalue weighted by Crippen LogP contribution is -2.29. The Morgan fingerprint density at radius 3 is 0.913 bits per heavy atom. The van der Waals surface area contributed by atoms with Crippen molar-refractivity contribution in [3.05, 3.63) is 356 Å². The van der Waals surface area contributed by atoms with Crippen molar-refractivity contribution in [3.63, 3.8) is 0 Å². The second-order valence-electron chi connectivity index (χ2n) is 24.6. The number of furan rings is 2. The molecular formula is C90H59BCl2N6O4. The van der Waals surface area contributed by atoms with Crippen molar-refractivity contribution >= 4 is 79.7 Å². The lowest BCUT2D eigenvalue weighted by Gasteiger charge is -2.11. The van der Waals surface area contributed by atoms with Crippen LogP contribution in [-0.4, -0.2) is 47.1 Å². The van der Waals surface area contributed by atoms with E-state index in [0.29, 0.717) is 61.6 Å². The highest BCUT2D eigenvalue weighted by molar-refractivity contribution is 6.58. The first-order valence-electron chi connectivity index (χ1n) is 33.6. The molecule has 18 rings (SSSR count). The number of halogens is 2. The van der Waals surface area contributed by atoms with E-state index in [-0.39, 0.29) is 0 Å². The number of benzene rings is 14. The fourth-order valence-corrected chi connectivity index (χ4v) is 13.4. The van der Waals surface area contributed by atoms with Crippen LogP contribution >= 0.6 is 23.2 Å². The molecule has 10 nitrogen and oxygen atoms in total. The highest BCUT2D eigenvalue weighted by atomic mass is 35.5. The van der Waals surface area contributed by atoms with Crippen molar-refractivity contribution in [1.82, 2.24) is 29.9 Å². The summed E-state index contributed by atoms with van der Waals surface area (Å²) >= 11 is 12.7. The van der Waals surface area contributed by atoms with E-state index in [1.165, 1.54) is 22.3 Å². The summed E-state index contributed by atoms with van der Waals surface area (Å²) in [5.41, 5.74) is 20.0. The van der Waals surface area contributed by atoms with E-state index in [2.05, 4.69) is 115 Å². The van der Waals surface area contributed by atoms with Crippen LogP contribution in [0.5, 0.6) is 0 Å². The summed E-state index contributed by atoms with van der Waals surface area (Å²) in [5.74, 6) is 3.57. The van der Waals surface area contributed by atoms with Gasteiger partial charge in [-0.2, -0.15) is 0 Å². The molecule has 0 atom stereocenters. The largest absolute Gasteiger partial charge is 0.488 e. The topological polar surface area (TPSA) is 144 Å². The predicted molar refractivity (Wildman–Crippen MR) is 420 cm³/mol. The van der Waals surface area contributed by atoms with Gasteiger partial charge in [0.05, 0.1) is 5.02 Å². The van der Waals surface area contributed by atoms with Crippen LogP contribution in [0.3, 0.4) is 0 Å². The van der Waals surface area contributed by atoms with Gasteiger partial charge in [0.25, 0.3) is 0 Å². The van der Waals surface area contributed by atoms with E-state index in [1.54, 1.807) is 18.2 Å². The van der Waals surface area contributed by atoms with E-state index in [4.69, 9.17) is 72.0 Å². The standard InChI is InChI=1S/C51H33N3O.C27H15Cl2N3O.C12H11BO2/c1-5-14-34(15-6-1)36-24-26-38(27-25-36)42-32-44(39-30-28-37(29-31-39)35-16-7-2-8-17-35)48-45(33-42)47-43(22-13-23-46(47)55-48)51-53-49(40-18-9-3-10-19-40)52-50(54-51)41-20-11-4-12-21-41;28-18-14-20-23-19(12-7-13-22(23)33-24(20)21(29)15-18)27-31-25(16-8-3-1-4-9-16)30-26(32-27)17-10-5-2-6-11-17;14-13(15)12-8-6-11(7-9-12)10-4-2-1-3-5-10/h1-33H;1-15H;1-9,14-15H. The molecular weight excluding hydrogens is 1310 g/mol. The number of hydrogen-bond acceptors (Lipinski definition) is 10. The Kier molecular flexibility index (Phi) is 18.4. The smallest absolute Gasteiger partial charge is 0.455 e. The molecule has 0 unspecified atom stereocenters. The summed E-state index contributed by atoms with van der Waals surface area (Å²) in [4.78, 5) is 29.6. The van der Waals surface area contributed by atoms with Crippen LogP contribution in [0.4, 0.5) is 0 Å². The zero-order valence-electron chi connectivity index (χ0n) is 55.1. The molecule has 490 valence electrons. The van der Waals surface area contributed by atoms with Crippen LogP contribution in [0.2, 0.25) is 10.0 Å². The van der Waals surface area contributed by atoms with E-state index in [0.717, 1.165) is 99.5 Å². The lowest BCUT2D eigenvalue weighted by atomic mass is 9.80. The molecule has 13 heteroatoms. The minimum absolute atomic E-state index is 0.463. The summed E-state index contributed by atoms with van der Waals surface area (Å²) < 4.78 is 12.9. The van der Waals surface area contributed by atoms with Gasteiger partial charge in [-0.1, -0.05) is 333 Å². The third-order valence-corrected chi connectivity index (χ3v) is 18.4. The maximum atomic E-state index is 8.94. The number of rotatable bonds is 12. The summed E-state index contributed by atoms with van der Waals surface area (Å²) in [7, 11) is -1.39. The van der Waals surface area contributed by atoms with Crippen molar-refractivity contribution in [2.75, 3.05) is 0 Å². The zero-order valence-corrected chi connectivity index (χ0v) is 56.6. The molecule has 0 aliphatic carbocycles. The van der Waals surface area contributed by atoms with Crippen molar-refractivity contribution < 1.29 is 18.9 Å². The maximum absolute atomic E-state index is 8.94. The fourth-order valence-electron chi connectivity index (χ4n) is 12.8. The molecule has 0 spiro atoms. The molecule has 0 fully saturated rings. The molecule has 0 amide bonds. The van der Waals surface area contributed by atoms with Gasteiger partial charge in [-0.25, -0.2) is 29.9 Å². The van der Waals surface area contributed by atoms with Crippen molar-refractivity contribution in [2.24, 2.45) is 0 Å². The molecule has 0 bridgehead atoms. The summed E-state index contributed by atoms with van der Waals surface area (Å²) in [5, 5.41) is 22.5. The molecule has 0 aliphatic rings. The predicted octanol–water partition coefficient (Wildman–Crippen LogP) is 22.6. The fraction of sp³-hybridized carbons (Fsp3) is 0. The normalized spacial score (nSPS) is 11.1. The first-order chi connectivity index (χ1) is 50.7. The van der Waals surface area contributed by atoms with Crippen LogP contribution in [0.1, 0.15) is 0 Å².